The van der Waals surface area contributed by atoms with E-state index in [-0.39, 0.29) is 23.7 Å². The Hall–Kier alpha value is -1.84. The third-order valence-electron chi connectivity index (χ3n) is 3.67. The van der Waals surface area contributed by atoms with Crippen LogP contribution in [0.1, 0.15) is 24.8 Å². The van der Waals surface area contributed by atoms with E-state index in [2.05, 4.69) is 10.6 Å². The fraction of sp³-hybridized carbons (Fsp3) is 0.467. The van der Waals surface area contributed by atoms with Crippen molar-refractivity contribution in [2.75, 3.05) is 5.32 Å². The number of anilines is 1. The monoisotopic (exact) mass is 258 g/mol. The molecule has 2 unspecified atom stereocenters. The number of rotatable bonds is 4. The predicted molar refractivity (Wildman–Crippen MR) is 72.6 cm³/mol. The summed E-state index contributed by atoms with van der Waals surface area (Å²) >= 11 is 0. The Kier molecular flexibility index (Phi) is 3.01. The molecule has 19 heavy (non-hydrogen) atoms. The Labute approximate surface area is 112 Å². The van der Waals surface area contributed by atoms with Crippen molar-refractivity contribution in [2.45, 2.75) is 32.2 Å². The molecule has 0 radical (unpaired) electrons. The zero-order valence-electron chi connectivity index (χ0n) is 11.0. The Morgan fingerprint density at radius 2 is 1.89 bits per heavy atom. The highest BCUT2D eigenvalue weighted by atomic mass is 16.2. The maximum atomic E-state index is 12.0. The van der Waals surface area contributed by atoms with Crippen LogP contribution in [0.3, 0.4) is 0 Å². The van der Waals surface area contributed by atoms with Crippen molar-refractivity contribution < 1.29 is 9.59 Å². The van der Waals surface area contributed by atoms with Crippen LogP contribution in [-0.4, -0.2) is 17.9 Å². The van der Waals surface area contributed by atoms with Gasteiger partial charge in [0.25, 0.3) is 0 Å². The summed E-state index contributed by atoms with van der Waals surface area (Å²) in [5.41, 5.74) is 1.91. The van der Waals surface area contributed by atoms with Gasteiger partial charge in [-0.15, -0.1) is 0 Å². The van der Waals surface area contributed by atoms with Gasteiger partial charge < -0.3 is 10.6 Å². The van der Waals surface area contributed by atoms with Gasteiger partial charge in [-0.05, 0) is 43.9 Å². The lowest BCUT2D eigenvalue weighted by Crippen LogP contribution is -2.29. The van der Waals surface area contributed by atoms with Crippen molar-refractivity contribution in [2.24, 2.45) is 11.8 Å². The van der Waals surface area contributed by atoms with Crippen LogP contribution in [0.2, 0.25) is 0 Å². The van der Waals surface area contributed by atoms with E-state index < -0.39 is 0 Å². The zero-order valence-corrected chi connectivity index (χ0v) is 11.0. The Bertz CT molecular complexity index is 523. The van der Waals surface area contributed by atoms with Crippen molar-refractivity contribution in [1.82, 2.24) is 5.32 Å². The molecule has 2 aliphatic carbocycles. The van der Waals surface area contributed by atoms with E-state index in [4.69, 9.17) is 0 Å². The second-order valence-corrected chi connectivity index (χ2v) is 5.59. The van der Waals surface area contributed by atoms with Gasteiger partial charge >= 0.3 is 0 Å². The summed E-state index contributed by atoms with van der Waals surface area (Å²) in [5, 5.41) is 5.83. The van der Waals surface area contributed by atoms with Gasteiger partial charge in [-0.25, -0.2) is 0 Å². The summed E-state index contributed by atoms with van der Waals surface area (Å²) in [7, 11) is 0. The highest BCUT2D eigenvalue weighted by Crippen LogP contribution is 2.40. The van der Waals surface area contributed by atoms with Gasteiger partial charge in [-0.1, -0.05) is 12.1 Å². The first-order valence-corrected chi connectivity index (χ1v) is 6.81. The Morgan fingerprint density at radius 3 is 2.58 bits per heavy atom. The van der Waals surface area contributed by atoms with Crippen LogP contribution >= 0.6 is 0 Å². The van der Waals surface area contributed by atoms with Gasteiger partial charge in [0, 0.05) is 11.7 Å². The van der Waals surface area contributed by atoms with Gasteiger partial charge in [-0.2, -0.15) is 0 Å². The normalized spacial score (nSPS) is 24.7. The summed E-state index contributed by atoms with van der Waals surface area (Å²) in [6.45, 7) is 1.98. The van der Waals surface area contributed by atoms with Crippen molar-refractivity contribution in [3.8, 4) is 0 Å². The summed E-state index contributed by atoms with van der Waals surface area (Å²) in [5.74, 6) is -0.266. The third kappa shape index (κ3) is 2.95. The van der Waals surface area contributed by atoms with Crippen molar-refractivity contribution >= 4 is 17.5 Å². The minimum atomic E-state index is -0.153. The van der Waals surface area contributed by atoms with Crippen LogP contribution in [0.4, 0.5) is 5.69 Å². The predicted octanol–water partition coefficient (Wildman–Crippen LogP) is 1.85. The van der Waals surface area contributed by atoms with E-state index in [9.17, 15) is 9.59 Å². The molecule has 2 amide bonds. The second kappa shape index (κ2) is 4.68. The molecule has 2 N–H and O–H groups in total. The van der Waals surface area contributed by atoms with Crippen LogP contribution in [0.5, 0.6) is 0 Å². The molecule has 1 aromatic carbocycles. The van der Waals surface area contributed by atoms with Gasteiger partial charge in [0.1, 0.15) is 0 Å². The number of hydrogen-bond donors (Lipinski definition) is 2. The molecule has 0 heterocycles. The van der Waals surface area contributed by atoms with E-state index in [1.807, 2.05) is 31.2 Å². The van der Waals surface area contributed by atoms with Crippen LogP contribution in [0.25, 0.3) is 0 Å². The number of carbonyl (C=O) groups excluding carboxylic acids is 2. The topological polar surface area (TPSA) is 58.2 Å². The molecule has 3 rings (SSSR count). The minimum Gasteiger partial charge on any atom is -0.353 e. The first-order chi connectivity index (χ1) is 9.13. The van der Waals surface area contributed by atoms with Crippen molar-refractivity contribution in [3.63, 3.8) is 0 Å². The van der Waals surface area contributed by atoms with Gasteiger partial charge in [-0.3, -0.25) is 9.59 Å². The first kappa shape index (κ1) is 12.2. The Balaban J connectivity index is 1.53. The molecule has 2 saturated carbocycles. The van der Waals surface area contributed by atoms with Gasteiger partial charge in [0.05, 0.1) is 11.8 Å². The van der Waals surface area contributed by atoms with E-state index in [1.54, 1.807) is 0 Å². The average Bonchev–Trinajstić information content (AvgIpc) is 3.23. The van der Waals surface area contributed by atoms with Crippen LogP contribution < -0.4 is 10.6 Å². The molecule has 0 aliphatic heterocycles. The molecule has 2 atom stereocenters. The smallest absolute Gasteiger partial charge is 0.228 e. The summed E-state index contributed by atoms with van der Waals surface area (Å²) in [4.78, 5) is 23.8. The quantitative estimate of drug-likeness (QED) is 0.866. The van der Waals surface area contributed by atoms with Gasteiger partial charge in [0.15, 0.2) is 0 Å². The molecule has 0 bridgehead atoms. The molecule has 0 aromatic heterocycles. The highest BCUT2D eigenvalue weighted by molar-refractivity contribution is 5.99. The number of nitrogens with one attached hydrogen (secondary N) is 2. The summed E-state index contributed by atoms with van der Waals surface area (Å²) in [6.07, 6.45) is 2.84. The molecule has 100 valence electrons. The fourth-order valence-corrected chi connectivity index (χ4v) is 2.27. The van der Waals surface area contributed by atoms with E-state index >= 15 is 0 Å². The molecule has 1 aromatic rings. The summed E-state index contributed by atoms with van der Waals surface area (Å²) in [6, 6.07) is 8.06. The molecule has 2 fully saturated rings. The SMILES string of the molecule is Cc1cccc(NC(=O)C2CC2C(=O)NC2CC2)c1. The molecule has 2 aliphatic rings. The number of benzene rings is 1. The standard InChI is InChI=1S/C15H18N2O2/c1-9-3-2-4-11(7-9)17-15(19)13-8-12(13)14(18)16-10-5-6-10/h2-4,7,10,12-13H,5-6,8H2,1H3,(H,16,18)(H,17,19). The maximum Gasteiger partial charge on any atom is 0.228 e. The average molecular weight is 258 g/mol. The van der Waals surface area contributed by atoms with Crippen molar-refractivity contribution in [3.05, 3.63) is 29.8 Å². The molecule has 4 nitrogen and oxygen atoms in total. The van der Waals surface area contributed by atoms with E-state index in [1.165, 1.54) is 0 Å². The van der Waals surface area contributed by atoms with Gasteiger partial charge in [0.2, 0.25) is 11.8 Å². The lowest BCUT2D eigenvalue weighted by Gasteiger charge is -2.06. The molecular weight excluding hydrogens is 240 g/mol. The lowest BCUT2D eigenvalue weighted by atomic mass is 10.2. The summed E-state index contributed by atoms with van der Waals surface area (Å²) < 4.78 is 0. The lowest BCUT2D eigenvalue weighted by molar-refractivity contribution is -0.125. The van der Waals surface area contributed by atoms with Crippen LogP contribution in [-0.2, 0) is 9.59 Å². The first-order valence-electron chi connectivity index (χ1n) is 6.81. The van der Waals surface area contributed by atoms with E-state index in [0.717, 1.165) is 24.1 Å². The zero-order chi connectivity index (χ0) is 13.4. The maximum absolute atomic E-state index is 12.0. The molecule has 0 saturated heterocycles. The molecular formula is C15H18N2O2. The fourth-order valence-electron chi connectivity index (χ4n) is 2.27. The third-order valence-corrected chi connectivity index (χ3v) is 3.67. The second-order valence-electron chi connectivity index (χ2n) is 5.59. The van der Waals surface area contributed by atoms with Crippen LogP contribution in [0.15, 0.2) is 24.3 Å². The van der Waals surface area contributed by atoms with Crippen molar-refractivity contribution in [1.29, 1.82) is 0 Å². The highest BCUT2D eigenvalue weighted by Gasteiger charge is 2.48. The Morgan fingerprint density at radius 1 is 1.16 bits per heavy atom. The number of aryl methyl sites for hydroxylation is 1. The van der Waals surface area contributed by atoms with Crippen LogP contribution in [0, 0.1) is 18.8 Å². The number of hydrogen-bond acceptors (Lipinski definition) is 2. The number of carbonyl (C=O) groups is 2. The molecule has 0 spiro atoms. The van der Waals surface area contributed by atoms with E-state index in [0.29, 0.717) is 12.5 Å². The number of amides is 2. The largest absolute Gasteiger partial charge is 0.353 e. The minimum absolute atomic E-state index is 0.0402. The molecule has 4 heteroatoms.